The zero-order valence-electron chi connectivity index (χ0n) is 12.5. The molecule has 0 saturated heterocycles. The molecule has 1 heterocycles. The van der Waals surface area contributed by atoms with Gasteiger partial charge in [-0.15, -0.1) is 0 Å². The summed E-state index contributed by atoms with van der Waals surface area (Å²) in [7, 11) is 0. The standard InChI is InChI=1S/C14H21N3O4/c1-4-5-6-10(14(19)20)15-11(18)7-8-12-16-13(9(2)3)17-21-12/h4-5,9-10H,6-8H2,1-3H3,(H,15,18)(H,19,20)/b5-4+. The van der Waals surface area contributed by atoms with Crippen LogP contribution in [0.5, 0.6) is 0 Å². The molecule has 7 nitrogen and oxygen atoms in total. The summed E-state index contributed by atoms with van der Waals surface area (Å²) in [6.45, 7) is 5.68. The van der Waals surface area contributed by atoms with E-state index in [2.05, 4.69) is 15.5 Å². The third kappa shape index (κ3) is 5.76. The van der Waals surface area contributed by atoms with Gasteiger partial charge in [0.2, 0.25) is 11.8 Å². The predicted molar refractivity (Wildman–Crippen MR) is 75.7 cm³/mol. The third-order valence-electron chi connectivity index (χ3n) is 2.81. The maximum Gasteiger partial charge on any atom is 0.326 e. The van der Waals surface area contributed by atoms with Crippen molar-refractivity contribution in [2.75, 3.05) is 0 Å². The second-order valence-electron chi connectivity index (χ2n) is 4.96. The van der Waals surface area contributed by atoms with E-state index in [-0.39, 0.29) is 24.7 Å². The van der Waals surface area contributed by atoms with Crippen LogP contribution in [0.3, 0.4) is 0 Å². The fourth-order valence-corrected chi connectivity index (χ4v) is 1.58. The fourth-order valence-electron chi connectivity index (χ4n) is 1.58. The van der Waals surface area contributed by atoms with E-state index >= 15 is 0 Å². The summed E-state index contributed by atoms with van der Waals surface area (Å²) in [5.41, 5.74) is 0. The van der Waals surface area contributed by atoms with E-state index in [0.29, 0.717) is 18.1 Å². The largest absolute Gasteiger partial charge is 0.480 e. The summed E-state index contributed by atoms with van der Waals surface area (Å²) in [4.78, 5) is 26.9. The summed E-state index contributed by atoms with van der Waals surface area (Å²) in [5.74, 6) is -0.262. The second-order valence-corrected chi connectivity index (χ2v) is 4.96. The minimum atomic E-state index is -1.05. The lowest BCUT2D eigenvalue weighted by atomic mass is 10.2. The fraction of sp³-hybridized carbons (Fsp3) is 0.571. The Hall–Kier alpha value is -2.18. The number of allylic oxidation sites excluding steroid dienone is 1. The molecule has 0 aromatic carbocycles. The van der Waals surface area contributed by atoms with Crippen LogP contribution in [0, 0.1) is 0 Å². The van der Waals surface area contributed by atoms with Gasteiger partial charge in [0.05, 0.1) is 0 Å². The smallest absolute Gasteiger partial charge is 0.326 e. The zero-order valence-corrected chi connectivity index (χ0v) is 12.5. The summed E-state index contributed by atoms with van der Waals surface area (Å²) < 4.78 is 5.03. The van der Waals surface area contributed by atoms with Gasteiger partial charge in [-0.3, -0.25) is 4.79 Å². The van der Waals surface area contributed by atoms with Crippen molar-refractivity contribution in [3.05, 3.63) is 23.9 Å². The van der Waals surface area contributed by atoms with Gasteiger partial charge >= 0.3 is 5.97 Å². The number of hydrogen-bond acceptors (Lipinski definition) is 5. The number of aromatic nitrogens is 2. The van der Waals surface area contributed by atoms with Gasteiger partial charge in [-0.05, 0) is 13.3 Å². The Morgan fingerprint density at radius 2 is 2.14 bits per heavy atom. The van der Waals surface area contributed by atoms with Crippen molar-refractivity contribution in [2.24, 2.45) is 0 Å². The molecular weight excluding hydrogens is 274 g/mol. The average Bonchev–Trinajstić information content (AvgIpc) is 2.90. The number of nitrogens with zero attached hydrogens (tertiary/aromatic N) is 2. The highest BCUT2D eigenvalue weighted by molar-refractivity contribution is 5.83. The molecule has 0 radical (unpaired) electrons. The Morgan fingerprint density at radius 1 is 1.43 bits per heavy atom. The van der Waals surface area contributed by atoms with Gasteiger partial charge in [-0.25, -0.2) is 4.79 Å². The van der Waals surface area contributed by atoms with Crippen LogP contribution >= 0.6 is 0 Å². The summed E-state index contributed by atoms with van der Waals surface area (Å²) >= 11 is 0. The van der Waals surface area contributed by atoms with Gasteiger partial charge in [0.25, 0.3) is 0 Å². The molecule has 116 valence electrons. The lowest BCUT2D eigenvalue weighted by Crippen LogP contribution is -2.40. The number of carbonyl (C=O) groups excluding carboxylic acids is 1. The lowest BCUT2D eigenvalue weighted by Gasteiger charge is -2.11. The van der Waals surface area contributed by atoms with Crippen LogP contribution in [0.15, 0.2) is 16.7 Å². The minimum absolute atomic E-state index is 0.110. The average molecular weight is 295 g/mol. The van der Waals surface area contributed by atoms with Gasteiger partial charge in [-0.2, -0.15) is 4.98 Å². The number of carboxylic acids is 1. The molecule has 1 amide bonds. The summed E-state index contributed by atoms with van der Waals surface area (Å²) in [6, 6.07) is -0.914. The second kappa shape index (κ2) is 8.18. The van der Waals surface area contributed by atoms with Gasteiger partial charge in [0.1, 0.15) is 6.04 Å². The molecular formula is C14H21N3O4. The van der Waals surface area contributed by atoms with Gasteiger partial charge in [0, 0.05) is 18.8 Å². The first-order valence-corrected chi connectivity index (χ1v) is 6.89. The van der Waals surface area contributed by atoms with Crippen LogP contribution in [0.25, 0.3) is 0 Å². The number of aliphatic carboxylic acids is 1. The molecule has 0 aliphatic rings. The SMILES string of the molecule is C/C=C/CC(NC(=O)CCc1nc(C(C)C)no1)C(=O)O. The Balaban J connectivity index is 2.46. The molecule has 1 aromatic rings. The maximum absolute atomic E-state index is 11.7. The predicted octanol–water partition coefficient (Wildman–Crippen LogP) is 1.66. The van der Waals surface area contributed by atoms with E-state index in [1.165, 1.54) is 0 Å². The van der Waals surface area contributed by atoms with Crippen LogP contribution in [0.2, 0.25) is 0 Å². The summed E-state index contributed by atoms with van der Waals surface area (Å²) in [5, 5.41) is 15.3. The topological polar surface area (TPSA) is 105 Å². The monoisotopic (exact) mass is 295 g/mol. The van der Waals surface area contributed by atoms with Crippen molar-refractivity contribution >= 4 is 11.9 Å². The number of hydrogen-bond donors (Lipinski definition) is 2. The number of aryl methyl sites for hydroxylation is 1. The van der Waals surface area contributed by atoms with Crippen LogP contribution in [-0.2, 0) is 16.0 Å². The highest BCUT2D eigenvalue weighted by atomic mass is 16.5. The number of amides is 1. The van der Waals surface area contributed by atoms with E-state index in [1.807, 2.05) is 13.8 Å². The molecule has 0 bridgehead atoms. The van der Waals surface area contributed by atoms with Gasteiger partial charge in [-0.1, -0.05) is 31.2 Å². The zero-order chi connectivity index (χ0) is 15.8. The van der Waals surface area contributed by atoms with Gasteiger partial charge < -0.3 is 14.9 Å². The molecule has 1 unspecified atom stereocenters. The van der Waals surface area contributed by atoms with Crippen molar-refractivity contribution in [1.29, 1.82) is 0 Å². The van der Waals surface area contributed by atoms with E-state index < -0.39 is 12.0 Å². The highest BCUT2D eigenvalue weighted by Gasteiger charge is 2.19. The van der Waals surface area contributed by atoms with Crippen molar-refractivity contribution in [3.8, 4) is 0 Å². The Bertz CT molecular complexity index is 508. The Labute approximate surface area is 123 Å². The molecule has 0 aliphatic carbocycles. The normalized spacial score (nSPS) is 12.8. The molecule has 1 rings (SSSR count). The van der Waals surface area contributed by atoms with Crippen LogP contribution in [0.4, 0.5) is 0 Å². The van der Waals surface area contributed by atoms with Gasteiger partial charge in [0.15, 0.2) is 5.82 Å². The van der Waals surface area contributed by atoms with E-state index in [4.69, 9.17) is 9.63 Å². The molecule has 2 N–H and O–H groups in total. The first-order chi connectivity index (χ1) is 9.93. The van der Waals surface area contributed by atoms with Crippen molar-refractivity contribution in [2.45, 2.75) is 52.0 Å². The quantitative estimate of drug-likeness (QED) is 0.707. The van der Waals surface area contributed by atoms with E-state index in [0.717, 1.165) is 0 Å². The number of rotatable bonds is 8. The Morgan fingerprint density at radius 3 is 2.67 bits per heavy atom. The maximum atomic E-state index is 11.7. The summed E-state index contributed by atoms with van der Waals surface area (Å²) in [6.07, 6.45) is 4.11. The van der Waals surface area contributed by atoms with Crippen LogP contribution < -0.4 is 5.32 Å². The van der Waals surface area contributed by atoms with Crippen LogP contribution in [-0.4, -0.2) is 33.2 Å². The molecule has 0 fully saturated rings. The first-order valence-electron chi connectivity index (χ1n) is 6.89. The molecule has 0 spiro atoms. The van der Waals surface area contributed by atoms with Crippen molar-refractivity contribution in [3.63, 3.8) is 0 Å². The van der Waals surface area contributed by atoms with E-state index in [1.54, 1.807) is 19.1 Å². The molecule has 0 aliphatic heterocycles. The first kappa shape index (κ1) is 16.9. The number of nitrogens with one attached hydrogen (secondary N) is 1. The molecule has 0 saturated carbocycles. The highest BCUT2D eigenvalue weighted by Crippen LogP contribution is 2.10. The number of carboxylic acid groups (broad SMARTS) is 1. The molecule has 21 heavy (non-hydrogen) atoms. The van der Waals surface area contributed by atoms with Crippen molar-refractivity contribution < 1.29 is 19.2 Å². The number of carbonyl (C=O) groups is 2. The van der Waals surface area contributed by atoms with Crippen LogP contribution in [0.1, 0.15) is 51.2 Å². The molecule has 7 heteroatoms. The minimum Gasteiger partial charge on any atom is -0.480 e. The third-order valence-corrected chi connectivity index (χ3v) is 2.81. The lowest BCUT2D eigenvalue weighted by molar-refractivity contribution is -0.141. The molecule has 1 aromatic heterocycles. The molecule has 1 atom stereocenters. The van der Waals surface area contributed by atoms with Crippen molar-refractivity contribution in [1.82, 2.24) is 15.5 Å². The van der Waals surface area contributed by atoms with E-state index in [9.17, 15) is 9.59 Å². The Kier molecular flexibility index (Phi) is 6.58.